The fourth-order valence-electron chi connectivity index (χ4n) is 0. The Morgan fingerprint density at radius 3 is 0.545 bits per heavy atom. The van der Waals surface area contributed by atoms with Gasteiger partial charge in [-0.25, -0.2) is 0 Å². The Balaban J connectivity index is -0.0000000171. The predicted molar refractivity (Wildman–Crippen MR) is 44.7 cm³/mol. The van der Waals surface area contributed by atoms with Crippen LogP contribution >= 0.6 is 12.4 Å². The molecule has 0 aliphatic carbocycles. The van der Waals surface area contributed by atoms with Gasteiger partial charge in [0.15, 0.2) is 0 Å². The van der Waals surface area contributed by atoms with E-state index in [1.807, 2.05) is 0 Å². The van der Waals surface area contributed by atoms with E-state index < -0.39 is 0 Å². The summed E-state index contributed by atoms with van der Waals surface area (Å²) in [6, 6.07) is 0. The van der Waals surface area contributed by atoms with Crippen molar-refractivity contribution in [3.63, 3.8) is 0 Å². The molecule has 76 valence electrons. The zero-order valence-corrected chi connectivity index (χ0v) is 10.5. The van der Waals surface area contributed by atoms with Crippen LogP contribution in [0.4, 0.5) is 0 Å². The van der Waals surface area contributed by atoms with Crippen LogP contribution in [0, 0.1) is 0 Å². The first kappa shape index (κ1) is 29.8. The Morgan fingerprint density at radius 1 is 0.545 bits per heavy atom. The summed E-state index contributed by atoms with van der Waals surface area (Å²) >= 11 is 0. The van der Waals surface area contributed by atoms with Crippen LogP contribution in [0.1, 0.15) is 0 Å². The first-order valence-electron chi connectivity index (χ1n) is 3.00. The van der Waals surface area contributed by atoms with Crippen LogP contribution in [0.2, 0.25) is 0 Å². The molecule has 0 atom stereocenters. The van der Waals surface area contributed by atoms with E-state index in [1.54, 1.807) is 0 Å². The molecule has 0 saturated heterocycles. The summed E-state index contributed by atoms with van der Waals surface area (Å²) < 4.78 is 0. The van der Waals surface area contributed by atoms with E-state index in [-0.39, 0.29) is 37.2 Å². The molecule has 0 aromatic heterocycles. The van der Waals surface area contributed by atoms with Gasteiger partial charge in [0.05, 0.1) is 42.3 Å². The maximum Gasteiger partial charge on any atom is 0.0661 e. The monoisotopic (exact) mass is 226 g/mol. The summed E-state index contributed by atoms with van der Waals surface area (Å²) in [6.07, 6.45) is 0. The number of nitrogens with one attached hydrogen (secondary N) is 2. The minimum absolute atomic E-state index is 0. The SMILES string of the molecule is C[NH+](C)C.C[NH+](C)C.Cl.[Cl-].[Cl-]. The van der Waals surface area contributed by atoms with E-state index in [1.165, 1.54) is 9.80 Å². The number of hydrogen-bond acceptors (Lipinski definition) is 0. The lowest BCUT2D eigenvalue weighted by Gasteiger charge is -1.88. The molecule has 0 aliphatic heterocycles. The average molecular weight is 228 g/mol. The zero-order valence-electron chi connectivity index (χ0n) is 8.16. The molecule has 0 radical (unpaired) electrons. The van der Waals surface area contributed by atoms with Gasteiger partial charge in [-0.2, -0.15) is 0 Å². The molecule has 11 heavy (non-hydrogen) atoms. The zero-order chi connectivity index (χ0) is 7.15. The van der Waals surface area contributed by atoms with Gasteiger partial charge in [0.25, 0.3) is 0 Å². The highest BCUT2D eigenvalue weighted by atomic mass is 35.5. The van der Waals surface area contributed by atoms with E-state index in [0.29, 0.717) is 0 Å². The van der Waals surface area contributed by atoms with Crippen molar-refractivity contribution in [1.29, 1.82) is 0 Å². The van der Waals surface area contributed by atoms with Gasteiger partial charge in [0, 0.05) is 0 Å². The topological polar surface area (TPSA) is 8.88 Å². The Morgan fingerprint density at radius 2 is 0.545 bits per heavy atom. The fourth-order valence-corrected chi connectivity index (χ4v) is 0. The molecule has 0 aromatic rings. The van der Waals surface area contributed by atoms with E-state index in [0.717, 1.165) is 0 Å². The first-order valence-corrected chi connectivity index (χ1v) is 3.00. The van der Waals surface area contributed by atoms with Gasteiger partial charge >= 0.3 is 0 Å². The molecule has 5 heteroatoms. The highest BCUT2D eigenvalue weighted by Gasteiger charge is 1.61. The van der Waals surface area contributed by atoms with Crippen molar-refractivity contribution in [3.05, 3.63) is 0 Å². The quantitative estimate of drug-likeness (QED) is 0.407. The van der Waals surface area contributed by atoms with Gasteiger partial charge in [-0.1, -0.05) is 0 Å². The molecule has 0 fully saturated rings. The normalized spacial score (nSPS) is 6.55. The summed E-state index contributed by atoms with van der Waals surface area (Å²) in [5.74, 6) is 0. The summed E-state index contributed by atoms with van der Waals surface area (Å²) in [5.41, 5.74) is 0. The number of quaternary nitrogens is 2. The van der Waals surface area contributed by atoms with Crippen LogP contribution in [-0.2, 0) is 0 Å². The third kappa shape index (κ3) is 1340. The largest absolute Gasteiger partial charge is 1.00 e. The van der Waals surface area contributed by atoms with E-state index in [2.05, 4.69) is 42.3 Å². The summed E-state index contributed by atoms with van der Waals surface area (Å²) in [4.78, 5) is 2.83. The second kappa shape index (κ2) is 22.4. The van der Waals surface area contributed by atoms with E-state index >= 15 is 0 Å². The molecule has 0 bridgehead atoms. The Kier molecular flexibility index (Phi) is 60.7. The lowest BCUT2D eigenvalue weighted by Crippen LogP contribution is -3.02. The predicted octanol–water partition coefficient (Wildman–Crippen LogP) is -8.05. The molecule has 0 saturated carbocycles. The molecule has 2 N–H and O–H groups in total. The molecular weight excluding hydrogens is 206 g/mol. The minimum atomic E-state index is 0. The second-order valence-electron chi connectivity index (χ2n) is 3.00. The third-order valence-corrected chi connectivity index (χ3v) is 0. The molecule has 0 amide bonds. The van der Waals surface area contributed by atoms with Gasteiger partial charge in [-0.15, -0.1) is 12.4 Å². The van der Waals surface area contributed by atoms with Crippen LogP contribution < -0.4 is 34.6 Å². The molecule has 0 rings (SSSR count). The Hall–Kier alpha value is 0.790. The van der Waals surface area contributed by atoms with Crippen LogP contribution in [0.5, 0.6) is 0 Å². The van der Waals surface area contributed by atoms with E-state index in [4.69, 9.17) is 0 Å². The number of rotatable bonds is 0. The summed E-state index contributed by atoms with van der Waals surface area (Å²) in [7, 11) is 12.5. The van der Waals surface area contributed by atoms with Gasteiger partial charge in [0.2, 0.25) is 0 Å². The number of halogens is 3. The molecule has 0 aromatic carbocycles. The first-order chi connectivity index (χ1) is 3.46. The molecular formula is C6H21Cl3N2. The van der Waals surface area contributed by atoms with Gasteiger partial charge < -0.3 is 34.6 Å². The van der Waals surface area contributed by atoms with E-state index in [9.17, 15) is 0 Å². The Labute approximate surface area is 89.5 Å². The molecule has 2 nitrogen and oxygen atoms in total. The summed E-state index contributed by atoms with van der Waals surface area (Å²) in [6.45, 7) is 0. The molecule has 0 heterocycles. The maximum absolute atomic E-state index is 2.08. The smallest absolute Gasteiger partial charge is 0.0661 e. The highest BCUT2D eigenvalue weighted by molar-refractivity contribution is 5.85. The highest BCUT2D eigenvalue weighted by Crippen LogP contribution is 0.868. The van der Waals surface area contributed by atoms with Crippen molar-refractivity contribution in [2.24, 2.45) is 0 Å². The van der Waals surface area contributed by atoms with Crippen LogP contribution in [-0.4, -0.2) is 42.3 Å². The molecule has 0 unspecified atom stereocenters. The van der Waals surface area contributed by atoms with Crippen molar-refractivity contribution >= 4 is 12.4 Å². The minimum Gasteiger partial charge on any atom is -1.00 e. The number of hydrogen-bond donors (Lipinski definition) is 2. The van der Waals surface area contributed by atoms with Crippen molar-refractivity contribution in [2.45, 2.75) is 0 Å². The van der Waals surface area contributed by atoms with Gasteiger partial charge in [-0.3, -0.25) is 0 Å². The maximum atomic E-state index is 2.08. The van der Waals surface area contributed by atoms with Crippen molar-refractivity contribution in [3.8, 4) is 0 Å². The van der Waals surface area contributed by atoms with Gasteiger partial charge in [0.1, 0.15) is 0 Å². The second-order valence-corrected chi connectivity index (χ2v) is 3.00. The standard InChI is InChI=1S/2C3H9N.3ClH/c2*1-4(2)3;;;/h2*1-3H3;3*1H. The Bertz CT molecular complexity index is 31.3. The van der Waals surface area contributed by atoms with Gasteiger partial charge in [-0.05, 0) is 0 Å². The summed E-state index contributed by atoms with van der Waals surface area (Å²) in [5, 5.41) is 0. The van der Waals surface area contributed by atoms with Crippen LogP contribution in [0.3, 0.4) is 0 Å². The van der Waals surface area contributed by atoms with Crippen LogP contribution in [0.15, 0.2) is 0 Å². The molecule has 0 aliphatic rings. The van der Waals surface area contributed by atoms with Crippen molar-refractivity contribution < 1.29 is 34.6 Å². The van der Waals surface area contributed by atoms with Crippen molar-refractivity contribution in [1.82, 2.24) is 0 Å². The fraction of sp³-hybridized carbons (Fsp3) is 1.00. The lowest BCUT2D eigenvalue weighted by molar-refractivity contribution is -0.836. The van der Waals surface area contributed by atoms with Crippen molar-refractivity contribution in [2.75, 3.05) is 42.3 Å². The molecule has 0 spiro atoms. The lowest BCUT2D eigenvalue weighted by atomic mass is 11.0. The third-order valence-electron chi connectivity index (χ3n) is 0. The average Bonchev–Trinajstić information content (AvgIpc) is 1.25. The van der Waals surface area contributed by atoms with Crippen LogP contribution in [0.25, 0.3) is 0 Å².